The van der Waals surface area contributed by atoms with Crippen molar-refractivity contribution < 1.29 is 19.2 Å². The SMILES string of the molecule is CN1CC2C3C(=O)N(Cc4ccccc4)C(=O)C3[C@](C)(C1=O)N2C(=O)c1ccc(C(C)(C)C)cc1. The minimum absolute atomic E-state index is 0.0610. The van der Waals surface area contributed by atoms with Crippen LogP contribution in [-0.2, 0) is 26.3 Å². The van der Waals surface area contributed by atoms with Crippen molar-refractivity contribution in [2.24, 2.45) is 11.8 Å². The molecule has 3 fully saturated rings. The molecule has 3 heterocycles. The first-order valence-corrected chi connectivity index (χ1v) is 12.0. The summed E-state index contributed by atoms with van der Waals surface area (Å²) >= 11 is 0. The molecule has 3 aliphatic heterocycles. The van der Waals surface area contributed by atoms with Crippen LogP contribution in [0, 0.1) is 11.8 Å². The van der Waals surface area contributed by atoms with E-state index in [0.29, 0.717) is 5.56 Å². The Morgan fingerprint density at radius 1 is 0.971 bits per heavy atom. The summed E-state index contributed by atoms with van der Waals surface area (Å²) in [5.41, 5.74) is 0.915. The molecule has 2 aromatic carbocycles. The van der Waals surface area contributed by atoms with Crippen LogP contribution in [-0.4, -0.2) is 63.5 Å². The number of benzene rings is 2. The number of fused-ring (bicyclic) bond motifs is 5. The first-order valence-electron chi connectivity index (χ1n) is 12.0. The van der Waals surface area contributed by atoms with Gasteiger partial charge in [0, 0.05) is 19.2 Å². The van der Waals surface area contributed by atoms with Gasteiger partial charge in [0.1, 0.15) is 5.54 Å². The molecule has 0 aromatic heterocycles. The number of carbonyl (C=O) groups excluding carboxylic acids is 4. The molecule has 182 valence electrons. The van der Waals surface area contributed by atoms with Crippen LogP contribution >= 0.6 is 0 Å². The lowest BCUT2D eigenvalue weighted by Gasteiger charge is -2.47. The van der Waals surface area contributed by atoms with Crippen LogP contribution in [0.3, 0.4) is 0 Å². The van der Waals surface area contributed by atoms with Crippen LogP contribution in [0.1, 0.15) is 49.2 Å². The predicted octanol–water partition coefficient (Wildman–Crippen LogP) is 2.84. The van der Waals surface area contributed by atoms with E-state index >= 15 is 0 Å². The smallest absolute Gasteiger partial charge is 0.255 e. The first-order chi connectivity index (χ1) is 16.5. The van der Waals surface area contributed by atoms with Crippen LogP contribution < -0.4 is 0 Å². The molecular formula is C28H31N3O4. The molecule has 2 bridgehead atoms. The Kier molecular flexibility index (Phi) is 5.16. The monoisotopic (exact) mass is 473 g/mol. The lowest BCUT2D eigenvalue weighted by molar-refractivity contribution is -0.154. The average Bonchev–Trinajstić information content (AvgIpc) is 3.20. The largest absolute Gasteiger partial charge is 0.342 e. The number of carbonyl (C=O) groups is 4. The van der Waals surface area contributed by atoms with E-state index in [1.165, 1.54) is 9.80 Å². The summed E-state index contributed by atoms with van der Waals surface area (Å²) in [4.78, 5) is 59.0. The Morgan fingerprint density at radius 3 is 2.20 bits per heavy atom. The van der Waals surface area contributed by atoms with E-state index in [9.17, 15) is 19.2 Å². The number of nitrogens with zero attached hydrogens (tertiary/aromatic N) is 3. The Labute approximate surface area is 205 Å². The fraction of sp³-hybridized carbons (Fsp3) is 0.429. The van der Waals surface area contributed by atoms with Crippen LogP contribution in [0.5, 0.6) is 0 Å². The highest BCUT2D eigenvalue weighted by molar-refractivity contribution is 6.13. The van der Waals surface area contributed by atoms with Crippen molar-refractivity contribution in [1.29, 1.82) is 0 Å². The average molecular weight is 474 g/mol. The Bertz CT molecular complexity index is 1220. The predicted molar refractivity (Wildman–Crippen MR) is 130 cm³/mol. The van der Waals surface area contributed by atoms with Gasteiger partial charge in [-0.2, -0.15) is 0 Å². The van der Waals surface area contributed by atoms with Crippen LogP contribution in [0.4, 0.5) is 0 Å². The highest BCUT2D eigenvalue weighted by atomic mass is 16.2. The molecule has 3 unspecified atom stereocenters. The summed E-state index contributed by atoms with van der Waals surface area (Å²) in [6, 6.07) is 16.2. The molecule has 0 radical (unpaired) electrons. The van der Waals surface area contributed by atoms with Gasteiger partial charge in [0.25, 0.3) is 5.91 Å². The van der Waals surface area contributed by atoms with Gasteiger partial charge >= 0.3 is 0 Å². The molecule has 2 aromatic rings. The summed E-state index contributed by atoms with van der Waals surface area (Å²) < 4.78 is 0. The summed E-state index contributed by atoms with van der Waals surface area (Å²) in [6.07, 6.45) is 0. The number of hydrogen-bond donors (Lipinski definition) is 0. The van der Waals surface area contributed by atoms with Gasteiger partial charge < -0.3 is 9.80 Å². The maximum Gasteiger partial charge on any atom is 0.255 e. The second-order valence-electron chi connectivity index (χ2n) is 11.2. The van der Waals surface area contributed by atoms with E-state index in [1.807, 2.05) is 42.5 Å². The highest BCUT2D eigenvalue weighted by Gasteiger charge is 2.73. The molecule has 7 nitrogen and oxygen atoms in total. The number of piperazine rings is 1. The van der Waals surface area contributed by atoms with E-state index in [-0.39, 0.29) is 42.1 Å². The topological polar surface area (TPSA) is 78.0 Å². The van der Waals surface area contributed by atoms with Crippen molar-refractivity contribution in [3.05, 3.63) is 71.3 Å². The Morgan fingerprint density at radius 2 is 1.60 bits per heavy atom. The molecule has 35 heavy (non-hydrogen) atoms. The second-order valence-corrected chi connectivity index (χ2v) is 11.2. The summed E-state index contributed by atoms with van der Waals surface area (Å²) in [7, 11) is 1.67. The molecule has 0 saturated carbocycles. The molecule has 0 spiro atoms. The van der Waals surface area contributed by atoms with Gasteiger partial charge in [-0.05, 0) is 35.6 Å². The molecule has 0 N–H and O–H groups in total. The third-order valence-electron chi connectivity index (χ3n) is 7.94. The van der Waals surface area contributed by atoms with Crippen molar-refractivity contribution >= 4 is 23.6 Å². The molecule has 3 saturated heterocycles. The van der Waals surface area contributed by atoms with Crippen molar-refractivity contribution in [2.75, 3.05) is 13.6 Å². The van der Waals surface area contributed by atoms with Crippen LogP contribution in [0.2, 0.25) is 0 Å². The molecule has 5 rings (SSSR count). The fourth-order valence-electron chi connectivity index (χ4n) is 6.10. The Hall–Kier alpha value is -3.48. The van der Waals surface area contributed by atoms with Gasteiger partial charge in [-0.1, -0.05) is 63.2 Å². The van der Waals surface area contributed by atoms with E-state index in [2.05, 4.69) is 20.8 Å². The van der Waals surface area contributed by atoms with E-state index < -0.39 is 23.4 Å². The van der Waals surface area contributed by atoms with Gasteiger partial charge in [-0.25, -0.2) is 0 Å². The van der Waals surface area contributed by atoms with Gasteiger partial charge in [0.15, 0.2) is 0 Å². The van der Waals surface area contributed by atoms with Crippen LogP contribution in [0.15, 0.2) is 54.6 Å². The van der Waals surface area contributed by atoms with E-state index in [1.54, 1.807) is 31.0 Å². The molecule has 7 heteroatoms. The number of likely N-dealkylation sites (tertiary alicyclic amines) is 2. The number of rotatable bonds is 3. The standard InChI is InChI=1S/C28H31N3O4/c1-27(2,3)19-13-11-18(12-14-19)23(32)31-20-16-29(5)26(35)28(31,4)22-21(20)24(33)30(25(22)34)15-17-9-7-6-8-10-17/h6-14,20-22H,15-16H2,1-5H3/t20?,21?,22?,28-/m1/s1. The second kappa shape index (κ2) is 7.77. The highest BCUT2D eigenvalue weighted by Crippen LogP contribution is 2.52. The van der Waals surface area contributed by atoms with Crippen molar-refractivity contribution in [3.63, 3.8) is 0 Å². The van der Waals surface area contributed by atoms with Crippen molar-refractivity contribution in [3.8, 4) is 0 Å². The number of imide groups is 1. The zero-order chi connectivity index (χ0) is 25.3. The zero-order valence-electron chi connectivity index (χ0n) is 20.8. The first kappa shape index (κ1) is 23.3. The Balaban J connectivity index is 1.52. The quantitative estimate of drug-likeness (QED) is 0.643. The molecule has 4 amide bonds. The lowest BCUT2D eigenvalue weighted by Crippen LogP contribution is -2.67. The van der Waals surface area contributed by atoms with Gasteiger partial charge in [0.05, 0.1) is 24.4 Å². The summed E-state index contributed by atoms with van der Waals surface area (Å²) in [5, 5.41) is 0. The fourth-order valence-corrected chi connectivity index (χ4v) is 6.10. The molecule has 3 aliphatic rings. The van der Waals surface area contributed by atoms with Crippen molar-refractivity contribution in [2.45, 2.75) is 51.2 Å². The maximum atomic E-state index is 13.8. The van der Waals surface area contributed by atoms with Gasteiger partial charge in [-0.15, -0.1) is 0 Å². The summed E-state index contributed by atoms with van der Waals surface area (Å²) in [6.45, 7) is 8.35. The number of likely N-dealkylation sites (N-methyl/N-ethyl adjacent to an activating group) is 1. The zero-order valence-corrected chi connectivity index (χ0v) is 20.8. The lowest BCUT2D eigenvalue weighted by atomic mass is 9.81. The van der Waals surface area contributed by atoms with Gasteiger partial charge in [-0.3, -0.25) is 24.1 Å². The van der Waals surface area contributed by atoms with Gasteiger partial charge in [0.2, 0.25) is 17.7 Å². The van der Waals surface area contributed by atoms with E-state index in [0.717, 1.165) is 11.1 Å². The minimum atomic E-state index is -1.42. The molecular weight excluding hydrogens is 442 g/mol. The third kappa shape index (κ3) is 3.32. The molecule has 4 atom stereocenters. The minimum Gasteiger partial charge on any atom is -0.342 e. The summed E-state index contributed by atoms with van der Waals surface area (Å²) in [5.74, 6) is -2.92. The number of amides is 4. The van der Waals surface area contributed by atoms with Crippen molar-refractivity contribution in [1.82, 2.24) is 14.7 Å². The van der Waals surface area contributed by atoms with Crippen LogP contribution in [0.25, 0.3) is 0 Å². The molecule has 0 aliphatic carbocycles. The van der Waals surface area contributed by atoms with E-state index in [4.69, 9.17) is 0 Å². The normalized spacial score (nSPS) is 28.1. The maximum absolute atomic E-state index is 13.8. The number of hydrogen-bond acceptors (Lipinski definition) is 4. The third-order valence-corrected chi connectivity index (χ3v) is 7.94.